The summed E-state index contributed by atoms with van der Waals surface area (Å²) >= 11 is 0. The molecule has 10 heteroatoms. The van der Waals surface area contributed by atoms with E-state index in [-0.39, 0.29) is 0 Å². The van der Waals surface area contributed by atoms with Crippen molar-refractivity contribution in [1.82, 2.24) is 0 Å². The molecule has 0 nitrogen and oxygen atoms in total. The van der Waals surface area contributed by atoms with E-state index >= 15 is 0 Å². The molecule has 0 aromatic heterocycles. The quantitative estimate of drug-likeness (QED) is 0.681. The van der Waals surface area contributed by atoms with Crippen LogP contribution in [0.1, 0.15) is 6.92 Å². The fourth-order valence-corrected chi connectivity index (χ4v) is 0.666. The monoisotopic (exact) mass is 266 g/mol. The lowest BCUT2D eigenvalue weighted by Crippen LogP contribution is -2.60. The summed E-state index contributed by atoms with van der Waals surface area (Å²) in [6.45, 7) is -0.530. The molecule has 0 spiro atoms. The molecule has 98 valence electrons. The van der Waals surface area contributed by atoms with Gasteiger partial charge in [0.25, 0.3) is 5.92 Å². The molecule has 1 atom stereocenters. The van der Waals surface area contributed by atoms with Gasteiger partial charge in [-0.1, -0.05) is 0 Å². The molecule has 0 bridgehead atoms. The maximum atomic E-state index is 12.3. The lowest BCUT2D eigenvalue weighted by Gasteiger charge is -2.32. The molecule has 0 N–H and O–H groups in total. The van der Waals surface area contributed by atoms with Crippen LogP contribution in [0.2, 0.25) is 0 Å². The van der Waals surface area contributed by atoms with E-state index in [9.17, 15) is 43.9 Å². The predicted octanol–water partition coefficient (Wildman–Crippen LogP) is 3.81. The normalized spacial score (nSPS) is 17.4. The minimum Gasteiger partial charge on any atom is -0.234 e. The Bertz CT molecular complexity index is 245. The second kappa shape index (κ2) is 3.66. The van der Waals surface area contributed by atoms with Crippen LogP contribution in [0.15, 0.2) is 0 Å². The van der Waals surface area contributed by atoms with Gasteiger partial charge in [-0.3, -0.25) is 0 Å². The molecule has 0 saturated heterocycles. The first-order valence-corrected chi connectivity index (χ1v) is 3.50. The number of rotatable bonds is 3. The lowest BCUT2D eigenvalue weighted by atomic mass is 10.0. The van der Waals surface area contributed by atoms with E-state index in [0.29, 0.717) is 0 Å². The summed E-state index contributed by atoms with van der Waals surface area (Å²) in [5.74, 6) is -18.5. The highest BCUT2D eigenvalue weighted by Crippen LogP contribution is 2.51. The average Bonchev–Trinajstić information content (AvgIpc) is 1.98. The summed E-state index contributed by atoms with van der Waals surface area (Å²) in [5, 5.41) is 0. The van der Waals surface area contributed by atoms with Crippen LogP contribution in [0, 0.1) is 0 Å². The first-order chi connectivity index (χ1) is 6.65. The summed E-state index contributed by atoms with van der Waals surface area (Å²) in [7, 11) is 0. The van der Waals surface area contributed by atoms with Gasteiger partial charge in [0, 0.05) is 6.92 Å². The lowest BCUT2D eigenvalue weighted by molar-refractivity contribution is -0.376. The Morgan fingerprint density at radius 2 is 1.06 bits per heavy atom. The summed E-state index contributed by atoms with van der Waals surface area (Å²) in [6.07, 6.45) is -11.8. The third kappa shape index (κ3) is 2.34. The molecule has 0 aliphatic rings. The van der Waals surface area contributed by atoms with E-state index in [2.05, 4.69) is 0 Å². The Balaban J connectivity index is 5.37. The van der Waals surface area contributed by atoms with Gasteiger partial charge in [0.1, 0.15) is 0 Å². The zero-order valence-corrected chi connectivity index (χ0v) is 7.36. The third-order valence-corrected chi connectivity index (χ3v) is 1.54. The van der Waals surface area contributed by atoms with Gasteiger partial charge in [-0.15, -0.1) is 0 Å². The molecule has 0 aromatic carbocycles. The van der Waals surface area contributed by atoms with Gasteiger partial charge in [0.15, 0.2) is 0 Å². The van der Waals surface area contributed by atoms with Crippen molar-refractivity contribution in [3.05, 3.63) is 0 Å². The van der Waals surface area contributed by atoms with Crippen molar-refractivity contribution in [1.29, 1.82) is 0 Å². The minimum absolute atomic E-state index is 0.530. The maximum absolute atomic E-state index is 12.3. The molecule has 0 amide bonds. The van der Waals surface area contributed by atoms with Crippen LogP contribution in [-0.2, 0) is 0 Å². The fraction of sp³-hybridized carbons (Fsp3) is 1.00. The topological polar surface area (TPSA) is 0 Å². The molecular formula is C6H4F10. The molecule has 0 radical (unpaired) electrons. The van der Waals surface area contributed by atoms with Crippen LogP contribution in [0.3, 0.4) is 0 Å². The second-order valence-electron chi connectivity index (χ2n) is 3.01. The number of alkyl halides is 10. The Kier molecular flexibility index (Phi) is 3.50. The van der Waals surface area contributed by atoms with Crippen molar-refractivity contribution >= 4 is 0 Å². The van der Waals surface area contributed by atoms with Gasteiger partial charge in [0.05, 0.1) is 0 Å². The van der Waals surface area contributed by atoms with E-state index in [1.807, 2.05) is 0 Å². The Morgan fingerprint density at radius 1 is 0.750 bits per heavy atom. The first-order valence-electron chi connectivity index (χ1n) is 3.50. The molecule has 0 saturated carbocycles. The molecular weight excluding hydrogens is 262 g/mol. The average molecular weight is 266 g/mol. The summed E-state index contributed by atoms with van der Waals surface area (Å²) in [6, 6.07) is 0. The molecule has 0 aromatic rings. The van der Waals surface area contributed by atoms with Gasteiger partial charge in [-0.2, -0.15) is 30.7 Å². The standard InChI is InChI=1S/C6H4F10/c1-3(8,9)2(7)4(10,11)5(12,13)6(14,15)16/h2H,1H3. The highest BCUT2D eigenvalue weighted by Gasteiger charge is 2.78. The van der Waals surface area contributed by atoms with Gasteiger partial charge in [-0.25, -0.2) is 13.2 Å². The van der Waals surface area contributed by atoms with Crippen molar-refractivity contribution in [2.45, 2.75) is 37.0 Å². The van der Waals surface area contributed by atoms with Crippen molar-refractivity contribution in [2.75, 3.05) is 0 Å². The Hall–Kier alpha value is -0.700. The highest BCUT2D eigenvalue weighted by molar-refractivity contribution is 4.99. The van der Waals surface area contributed by atoms with Crippen molar-refractivity contribution in [2.24, 2.45) is 0 Å². The van der Waals surface area contributed by atoms with Crippen LogP contribution >= 0.6 is 0 Å². The SMILES string of the molecule is CC(F)(F)C(F)C(F)(F)C(F)(F)C(F)(F)F. The molecule has 0 fully saturated rings. The molecule has 16 heavy (non-hydrogen) atoms. The van der Waals surface area contributed by atoms with Crippen molar-refractivity contribution in [3.63, 3.8) is 0 Å². The zero-order chi connectivity index (χ0) is 13.6. The van der Waals surface area contributed by atoms with E-state index in [4.69, 9.17) is 0 Å². The largest absolute Gasteiger partial charge is 0.459 e. The predicted molar refractivity (Wildman–Crippen MR) is 31.5 cm³/mol. The first kappa shape index (κ1) is 15.3. The van der Waals surface area contributed by atoms with E-state index in [1.54, 1.807) is 0 Å². The van der Waals surface area contributed by atoms with Crippen LogP contribution < -0.4 is 0 Å². The van der Waals surface area contributed by atoms with Gasteiger partial charge >= 0.3 is 18.0 Å². The van der Waals surface area contributed by atoms with Crippen LogP contribution in [0.25, 0.3) is 0 Å². The number of halogens is 10. The van der Waals surface area contributed by atoms with E-state index < -0.39 is 37.0 Å². The fourth-order valence-electron chi connectivity index (χ4n) is 0.666. The van der Waals surface area contributed by atoms with Crippen molar-refractivity contribution in [3.8, 4) is 0 Å². The van der Waals surface area contributed by atoms with Crippen LogP contribution in [0.5, 0.6) is 0 Å². The summed E-state index contributed by atoms with van der Waals surface area (Å²) in [4.78, 5) is 0. The van der Waals surface area contributed by atoms with Crippen LogP contribution in [0.4, 0.5) is 43.9 Å². The maximum Gasteiger partial charge on any atom is 0.459 e. The minimum atomic E-state index is -6.88. The summed E-state index contributed by atoms with van der Waals surface area (Å²) in [5.41, 5.74) is 0. The molecule has 0 rings (SSSR count). The molecule has 1 unspecified atom stereocenters. The number of hydrogen-bond donors (Lipinski definition) is 0. The second-order valence-corrected chi connectivity index (χ2v) is 3.01. The molecule has 0 aliphatic carbocycles. The van der Waals surface area contributed by atoms with Gasteiger partial charge in [-0.05, 0) is 0 Å². The molecule has 0 heterocycles. The third-order valence-electron chi connectivity index (χ3n) is 1.54. The Morgan fingerprint density at radius 3 is 1.25 bits per heavy atom. The smallest absolute Gasteiger partial charge is 0.234 e. The van der Waals surface area contributed by atoms with Crippen molar-refractivity contribution < 1.29 is 43.9 Å². The summed E-state index contributed by atoms with van der Waals surface area (Å²) < 4.78 is 119. The Labute approximate surface area is 82.2 Å². The highest BCUT2D eigenvalue weighted by atomic mass is 19.4. The van der Waals surface area contributed by atoms with Gasteiger partial charge in [0.2, 0.25) is 6.17 Å². The van der Waals surface area contributed by atoms with Gasteiger partial charge < -0.3 is 0 Å². The molecule has 0 aliphatic heterocycles. The number of hydrogen-bond acceptors (Lipinski definition) is 0. The van der Waals surface area contributed by atoms with E-state index in [1.165, 1.54) is 0 Å². The van der Waals surface area contributed by atoms with Crippen LogP contribution in [-0.4, -0.2) is 30.1 Å². The van der Waals surface area contributed by atoms with E-state index in [0.717, 1.165) is 0 Å². The zero-order valence-electron chi connectivity index (χ0n) is 7.36.